The molecular weight excluding hydrogens is 252 g/mol. The van der Waals surface area contributed by atoms with E-state index in [-0.39, 0.29) is 16.5 Å². The van der Waals surface area contributed by atoms with Crippen LogP contribution in [0.25, 0.3) is 0 Å². The molecule has 0 aromatic heterocycles. The fraction of sp³-hybridized carbons (Fsp3) is 1.00. The summed E-state index contributed by atoms with van der Waals surface area (Å²) in [4.78, 5) is 2.59. The normalized spacial score (nSPS) is 31.6. The molecule has 4 heteroatoms. The number of rotatable bonds is 4. The van der Waals surface area contributed by atoms with Crippen LogP contribution in [0.1, 0.15) is 41.0 Å². The molecule has 0 saturated carbocycles. The van der Waals surface area contributed by atoms with Gasteiger partial charge in [-0.3, -0.25) is 4.90 Å². The number of nitrogens with one attached hydrogen (secondary N) is 1. The van der Waals surface area contributed by atoms with Gasteiger partial charge < -0.3 is 14.8 Å². The Kier molecular flexibility index (Phi) is 4.80. The molecule has 2 aliphatic heterocycles. The lowest BCUT2D eigenvalue weighted by molar-refractivity contribution is -0.0692. The first-order valence-electron chi connectivity index (χ1n) is 7.88. The molecule has 2 fully saturated rings. The second kappa shape index (κ2) is 5.91. The van der Waals surface area contributed by atoms with E-state index < -0.39 is 0 Å². The van der Waals surface area contributed by atoms with E-state index in [4.69, 9.17) is 9.47 Å². The zero-order chi connectivity index (χ0) is 14.9. The molecular formula is C16H32N2O2. The third-order valence-corrected chi connectivity index (χ3v) is 4.52. The Hall–Kier alpha value is -0.160. The summed E-state index contributed by atoms with van der Waals surface area (Å²) in [6, 6.07) is 0. The van der Waals surface area contributed by atoms with Crippen molar-refractivity contribution >= 4 is 0 Å². The van der Waals surface area contributed by atoms with Gasteiger partial charge in [0.2, 0.25) is 0 Å². The van der Waals surface area contributed by atoms with Crippen molar-refractivity contribution in [3.63, 3.8) is 0 Å². The van der Waals surface area contributed by atoms with Crippen LogP contribution in [-0.4, -0.2) is 62.0 Å². The van der Waals surface area contributed by atoms with Crippen molar-refractivity contribution in [2.45, 2.75) is 52.1 Å². The molecule has 0 aromatic carbocycles. The van der Waals surface area contributed by atoms with E-state index >= 15 is 0 Å². The van der Waals surface area contributed by atoms with Crippen LogP contribution in [0.3, 0.4) is 0 Å². The number of hydrogen-bond donors (Lipinski definition) is 1. The first-order chi connectivity index (χ1) is 9.23. The van der Waals surface area contributed by atoms with E-state index in [2.05, 4.69) is 44.8 Å². The highest BCUT2D eigenvalue weighted by atomic mass is 16.5. The van der Waals surface area contributed by atoms with E-state index in [0.29, 0.717) is 0 Å². The maximum Gasteiger partial charge on any atom is 0.0645 e. The van der Waals surface area contributed by atoms with E-state index in [1.807, 2.05) is 0 Å². The number of nitrogens with zero attached hydrogens (tertiary/aromatic N) is 1. The van der Waals surface area contributed by atoms with Gasteiger partial charge in [0.05, 0.1) is 19.8 Å². The number of hydrogen-bond acceptors (Lipinski definition) is 4. The lowest BCUT2D eigenvalue weighted by Crippen LogP contribution is -2.58. The van der Waals surface area contributed by atoms with Crippen molar-refractivity contribution in [2.24, 2.45) is 5.41 Å². The van der Waals surface area contributed by atoms with Crippen LogP contribution in [0.15, 0.2) is 0 Å². The molecule has 4 nitrogen and oxygen atoms in total. The smallest absolute Gasteiger partial charge is 0.0645 e. The monoisotopic (exact) mass is 284 g/mol. The highest BCUT2D eigenvalue weighted by Crippen LogP contribution is 2.33. The van der Waals surface area contributed by atoms with Crippen LogP contribution >= 0.6 is 0 Å². The predicted octanol–water partition coefficient (Wildman–Crippen LogP) is 1.89. The van der Waals surface area contributed by atoms with Crippen molar-refractivity contribution in [3.8, 4) is 0 Å². The van der Waals surface area contributed by atoms with Gasteiger partial charge in [-0.05, 0) is 41.0 Å². The topological polar surface area (TPSA) is 33.7 Å². The van der Waals surface area contributed by atoms with Gasteiger partial charge in [-0.15, -0.1) is 0 Å². The van der Waals surface area contributed by atoms with Gasteiger partial charge in [-0.2, -0.15) is 0 Å². The molecule has 2 saturated heterocycles. The highest BCUT2D eigenvalue weighted by molar-refractivity contribution is 4.95. The Bertz CT molecular complexity index is 317. The molecule has 2 rings (SSSR count). The van der Waals surface area contributed by atoms with Gasteiger partial charge >= 0.3 is 0 Å². The molecule has 1 atom stereocenters. The van der Waals surface area contributed by atoms with E-state index in [1.54, 1.807) is 0 Å². The summed E-state index contributed by atoms with van der Waals surface area (Å²) in [5.41, 5.74) is 0.549. The second-order valence-corrected chi connectivity index (χ2v) is 8.19. The molecule has 0 bridgehead atoms. The zero-order valence-electron chi connectivity index (χ0n) is 13.9. The van der Waals surface area contributed by atoms with Crippen LogP contribution < -0.4 is 5.32 Å². The molecule has 118 valence electrons. The molecule has 20 heavy (non-hydrogen) atoms. The molecule has 0 aromatic rings. The van der Waals surface area contributed by atoms with Gasteiger partial charge in [-0.1, -0.05) is 0 Å². The standard InChI is InChI=1S/C16H32N2O2/c1-14(2,3)17-10-16(6-8-19-13-16)11-18-7-9-20-12-15(18,4)5/h17H,6-13H2,1-5H3. The Morgan fingerprint density at radius 2 is 1.80 bits per heavy atom. The number of ether oxygens (including phenoxy) is 2. The Morgan fingerprint density at radius 1 is 1.10 bits per heavy atom. The maximum atomic E-state index is 5.74. The summed E-state index contributed by atoms with van der Waals surface area (Å²) in [6.07, 6.45) is 1.16. The summed E-state index contributed by atoms with van der Waals surface area (Å²) < 4.78 is 11.4. The molecule has 1 unspecified atom stereocenters. The van der Waals surface area contributed by atoms with Crippen LogP contribution in [-0.2, 0) is 9.47 Å². The van der Waals surface area contributed by atoms with E-state index in [1.165, 1.54) is 0 Å². The van der Waals surface area contributed by atoms with Crippen molar-refractivity contribution in [1.82, 2.24) is 10.2 Å². The third kappa shape index (κ3) is 4.17. The zero-order valence-corrected chi connectivity index (χ0v) is 13.9. The molecule has 2 heterocycles. The number of morpholine rings is 1. The lowest BCUT2D eigenvalue weighted by atomic mass is 9.84. The van der Waals surface area contributed by atoms with Gasteiger partial charge in [0.1, 0.15) is 0 Å². The summed E-state index contributed by atoms with van der Waals surface area (Å²) in [5.74, 6) is 0. The van der Waals surface area contributed by atoms with Crippen molar-refractivity contribution in [2.75, 3.05) is 46.1 Å². The summed E-state index contributed by atoms with van der Waals surface area (Å²) in [5, 5.41) is 3.68. The molecule has 0 amide bonds. The molecule has 2 aliphatic rings. The average Bonchev–Trinajstić information content (AvgIpc) is 2.78. The minimum atomic E-state index is 0.134. The summed E-state index contributed by atoms with van der Waals surface area (Å²) in [6.45, 7) is 17.9. The van der Waals surface area contributed by atoms with Crippen LogP contribution in [0.4, 0.5) is 0 Å². The van der Waals surface area contributed by atoms with Crippen molar-refractivity contribution in [1.29, 1.82) is 0 Å². The molecule has 0 radical (unpaired) electrons. The summed E-state index contributed by atoms with van der Waals surface area (Å²) in [7, 11) is 0. The Balaban J connectivity index is 2.01. The third-order valence-electron chi connectivity index (χ3n) is 4.52. The largest absolute Gasteiger partial charge is 0.381 e. The minimum Gasteiger partial charge on any atom is -0.381 e. The molecule has 0 aliphatic carbocycles. The fourth-order valence-corrected chi connectivity index (χ4v) is 3.01. The first-order valence-corrected chi connectivity index (χ1v) is 7.88. The maximum absolute atomic E-state index is 5.74. The van der Waals surface area contributed by atoms with Crippen LogP contribution in [0.5, 0.6) is 0 Å². The lowest BCUT2D eigenvalue weighted by Gasteiger charge is -2.46. The summed E-state index contributed by atoms with van der Waals surface area (Å²) >= 11 is 0. The second-order valence-electron chi connectivity index (χ2n) is 8.19. The van der Waals surface area contributed by atoms with Gasteiger partial charge in [0, 0.05) is 42.7 Å². The molecule has 0 spiro atoms. The SMILES string of the molecule is CC(C)(C)NCC1(CN2CCOCC2(C)C)CCOC1. The van der Waals surface area contributed by atoms with Crippen LogP contribution in [0, 0.1) is 5.41 Å². The fourth-order valence-electron chi connectivity index (χ4n) is 3.01. The van der Waals surface area contributed by atoms with E-state index in [9.17, 15) is 0 Å². The highest BCUT2D eigenvalue weighted by Gasteiger charge is 2.41. The van der Waals surface area contributed by atoms with Crippen LogP contribution in [0.2, 0.25) is 0 Å². The molecule has 1 N–H and O–H groups in total. The Labute approximate surface area is 124 Å². The van der Waals surface area contributed by atoms with E-state index in [0.717, 1.165) is 52.5 Å². The van der Waals surface area contributed by atoms with Gasteiger partial charge in [0.25, 0.3) is 0 Å². The van der Waals surface area contributed by atoms with Crippen molar-refractivity contribution in [3.05, 3.63) is 0 Å². The minimum absolute atomic E-state index is 0.134. The predicted molar refractivity (Wildman–Crippen MR) is 82.1 cm³/mol. The first kappa shape index (κ1) is 16.2. The Morgan fingerprint density at radius 3 is 2.35 bits per heavy atom. The van der Waals surface area contributed by atoms with Crippen molar-refractivity contribution < 1.29 is 9.47 Å². The quantitative estimate of drug-likeness (QED) is 0.855. The average molecular weight is 284 g/mol. The van der Waals surface area contributed by atoms with Gasteiger partial charge in [-0.25, -0.2) is 0 Å². The van der Waals surface area contributed by atoms with Gasteiger partial charge in [0.15, 0.2) is 0 Å².